The molecule has 8 nitrogen and oxygen atoms in total. The van der Waals surface area contributed by atoms with Crippen LogP contribution in [0.15, 0.2) is 4.99 Å². The predicted molar refractivity (Wildman–Crippen MR) is 104 cm³/mol. The molecule has 1 unspecified atom stereocenters. The number of guanidine groups is 1. The van der Waals surface area contributed by atoms with E-state index in [2.05, 4.69) is 20.3 Å². The molecule has 150 valence electrons. The Kier molecular flexibility index (Phi) is 8.15. The van der Waals surface area contributed by atoms with Crippen molar-refractivity contribution >= 4 is 21.9 Å². The molecule has 1 aliphatic carbocycles. The van der Waals surface area contributed by atoms with Gasteiger partial charge in [0.25, 0.3) is 0 Å². The lowest BCUT2D eigenvalue weighted by Crippen LogP contribution is -2.46. The Morgan fingerprint density at radius 1 is 1.19 bits per heavy atom. The molecule has 0 aromatic carbocycles. The summed E-state index contributed by atoms with van der Waals surface area (Å²) in [6.45, 7) is 4.19. The second-order valence-corrected chi connectivity index (χ2v) is 9.14. The van der Waals surface area contributed by atoms with Crippen molar-refractivity contribution in [2.24, 2.45) is 10.9 Å². The highest BCUT2D eigenvalue weighted by molar-refractivity contribution is 7.89. The highest BCUT2D eigenvalue weighted by Gasteiger charge is 2.32. The average Bonchev–Trinajstić information content (AvgIpc) is 3.31. The number of likely N-dealkylation sites (tertiary alicyclic amines) is 1. The third-order valence-electron chi connectivity index (χ3n) is 5.12. The fourth-order valence-corrected chi connectivity index (χ4v) is 4.18. The fourth-order valence-electron chi connectivity index (χ4n) is 3.52. The van der Waals surface area contributed by atoms with E-state index in [0.717, 1.165) is 32.4 Å². The molecule has 0 radical (unpaired) electrons. The number of hydrogen-bond acceptors (Lipinski definition) is 4. The Hall–Kier alpha value is -1.35. The summed E-state index contributed by atoms with van der Waals surface area (Å²) in [6.07, 6.45) is 6.04. The molecule has 2 aliphatic rings. The normalized spacial score (nSPS) is 22.0. The van der Waals surface area contributed by atoms with Crippen LogP contribution >= 0.6 is 0 Å². The topological polar surface area (TPSA) is 103 Å². The molecule has 9 heteroatoms. The minimum absolute atomic E-state index is 0.0986. The third-order valence-corrected chi connectivity index (χ3v) is 6.52. The maximum absolute atomic E-state index is 12.5. The molecule has 1 saturated carbocycles. The molecular formula is C17H33N5O3S. The van der Waals surface area contributed by atoms with Crippen molar-refractivity contribution in [2.45, 2.75) is 51.5 Å². The van der Waals surface area contributed by atoms with Crippen molar-refractivity contribution in [2.75, 3.05) is 39.0 Å². The molecule has 1 saturated heterocycles. The monoisotopic (exact) mass is 387 g/mol. The van der Waals surface area contributed by atoms with Crippen LogP contribution in [0.5, 0.6) is 0 Å². The van der Waals surface area contributed by atoms with Crippen LogP contribution in [0.1, 0.15) is 45.4 Å². The molecule has 1 aliphatic heterocycles. The summed E-state index contributed by atoms with van der Waals surface area (Å²) in [5.41, 5.74) is 0. The predicted octanol–water partition coefficient (Wildman–Crippen LogP) is 0.272. The van der Waals surface area contributed by atoms with Crippen LogP contribution in [0.3, 0.4) is 0 Å². The summed E-state index contributed by atoms with van der Waals surface area (Å²) < 4.78 is 25.3. The maximum Gasteiger partial charge on any atom is 0.225 e. The van der Waals surface area contributed by atoms with Crippen molar-refractivity contribution in [3.8, 4) is 0 Å². The van der Waals surface area contributed by atoms with Gasteiger partial charge in [0.05, 0.1) is 5.75 Å². The summed E-state index contributed by atoms with van der Waals surface area (Å²) in [5.74, 6) is 1.35. The van der Waals surface area contributed by atoms with Gasteiger partial charge >= 0.3 is 0 Å². The summed E-state index contributed by atoms with van der Waals surface area (Å²) in [6, 6.07) is 0.213. The Bertz CT molecular complexity index is 587. The molecule has 3 N–H and O–H groups in total. The first-order chi connectivity index (χ1) is 12.4. The zero-order valence-corrected chi connectivity index (χ0v) is 16.8. The summed E-state index contributed by atoms with van der Waals surface area (Å²) in [4.78, 5) is 18.7. The van der Waals surface area contributed by atoms with Crippen LogP contribution in [0, 0.1) is 5.92 Å². The number of sulfonamides is 1. The van der Waals surface area contributed by atoms with E-state index in [1.807, 2.05) is 4.90 Å². The molecule has 1 atom stereocenters. The van der Waals surface area contributed by atoms with Gasteiger partial charge in [-0.3, -0.25) is 9.79 Å². The molecule has 2 fully saturated rings. The van der Waals surface area contributed by atoms with Crippen LogP contribution in [0.2, 0.25) is 0 Å². The largest absolute Gasteiger partial charge is 0.356 e. The Morgan fingerprint density at radius 2 is 1.92 bits per heavy atom. The van der Waals surface area contributed by atoms with Crippen molar-refractivity contribution in [3.63, 3.8) is 0 Å². The average molecular weight is 388 g/mol. The van der Waals surface area contributed by atoms with Gasteiger partial charge in [0, 0.05) is 45.2 Å². The number of nitrogens with one attached hydrogen (secondary N) is 3. The van der Waals surface area contributed by atoms with Crippen LogP contribution in [-0.4, -0.2) is 70.2 Å². The molecule has 0 bridgehead atoms. The number of amides is 1. The zero-order chi connectivity index (χ0) is 19.0. The lowest BCUT2D eigenvalue weighted by Gasteiger charge is -2.21. The quantitative estimate of drug-likeness (QED) is 0.315. The van der Waals surface area contributed by atoms with Crippen molar-refractivity contribution < 1.29 is 13.2 Å². The minimum atomic E-state index is -3.13. The van der Waals surface area contributed by atoms with Crippen LogP contribution in [0.25, 0.3) is 0 Å². The van der Waals surface area contributed by atoms with Gasteiger partial charge in [-0.25, -0.2) is 13.1 Å². The highest BCUT2D eigenvalue weighted by Crippen LogP contribution is 2.27. The lowest BCUT2D eigenvalue weighted by atomic mass is 10.1. The third kappa shape index (κ3) is 6.42. The van der Waals surface area contributed by atoms with Gasteiger partial charge in [-0.05, 0) is 32.6 Å². The summed E-state index contributed by atoms with van der Waals surface area (Å²) in [7, 11) is -1.41. The molecular weight excluding hydrogens is 354 g/mol. The van der Waals surface area contributed by atoms with Gasteiger partial charge in [-0.1, -0.05) is 12.8 Å². The van der Waals surface area contributed by atoms with Gasteiger partial charge < -0.3 is 15.5 Å². The van der Waals surface area contributed by atoms with Gasteiger partial charge in [-0.2, -0.15) is 0 Å². The van der Waals surface area contributed by atoms with E-state index in [1.54, 1.807) is 14.0 Å². The van der Waals surface area contributed by atoms with E-state index < -0.39 is 10.0 Å². The van der Waals surface area contributed by atoms with E-state index in [0.29, 0.717) is 31.4 Å². The van der Waals surface area contributed by atoms with E-state index in [9.17, 15) is 13.2 Å². The second kappa shape index (κ2) is 10.1. The van der Waals surface area contributed by atoms with Crippen LogP contribution < -0.4 is 15.4 Å². The van der Waals surface area contributed by atoms with Crippen LogP contribution in [0.4, 0.5) is 0 Å². The van der Waals surface area contributed by atoms with Gasteiger partial charge in [-0.15, -0.1) is 0 Å². The summed E-state index contributed by atoms with van der Waals surface area (Å²) >= 11 is 0. The van der Waals surface area contributed by atoms with Gasteiger partial charge in [0.15, 0.2) is 5.96 Å². The smallest absolute Gasteiger partial charge is 0.225 e. The van der Waals surface area contributed by atoms with E-state index in [4.69, 9.17) is 0 Å². The number of rotatable bonds is 8. The second-order valence-electron chi connectivity index (χ2n) is 7.05. The number of aliphatic imine (C=N–C) groups is 1. The minimum Gasteiger partial charge on any atom is -0.356 e. The molecule has 26 heavy (non-hydrogen) atoms. The molecule has 0 aromatic rings. The van der Waals surface area contributed by atoms with E-state index in [1.165, 1.54) is 12.8 Å². The molecule has 0 spiro atoms. The number of carbonyl (C=O) groups excluding carboxylic acids is 1. The highest BCUT2D eigenvalue weighted by atomic mass is 32.2. The van der Waals surface area contributed by atoms with Gasteiger partial charge in [0.1, 0.15) is 0 Å². The molecule has 1 heterocycles. The Balaban J connectivity index is 1.66. The standard InChI is InChI=1S/C17H33N5O3S/c1-3-26(24,25)20-11-6-10-19-17(18-2)21-15-9-12-22(13-15)16(23)14-7-4-5-8-14/h14-15,20H,3-13H2,1-2H3,(H2,18,19,21). The van der Waals surface area contributed by atoms with Gasteiger partial charge in [0.2, 0.25) is 15.9 Å². The fraction of sp³-hybridized carbons (Fsp3) is 0.882. The lowest BCUT2D eigenvalue weighted by molar-refractivity contribution is -0.134. The number of carbonyl (C=O) groups is 1. The zero-order valence-electron chi connectivity index (χ0n) is 16.0. The van der Waals surface area contributed by atoms with Crippen molar-refractivity contribution in [3.05, 3.63) is 0 Å². The number of hydrogen-bond donors (Lipinski definition) is 3. The first kappa shape index (κ1) is 21.0. The molecule has 0 aromatic heterocycles. The number of nitrogens with zero attached hydrogens (tertiary/aromatic N) is 2. The molecule has 2 rings (SSSR count). The van der Waals surface area contributed by atoms with Crippen LogP contribution in [-0.2, 0) is 14.8 Å². The summed E-state index contributed by atoms with van der Waals surface area (Å²) in [5, 5.41) is 6.57. The SMILES string of the molecule is CCS(=O)(=O)NCCCNC(=NC)NC1CCN(C(=O)C2CCCC2)C1. The first-order valence-electron chi connectivity index (χ1n) is 9.68. The molecule has 1 amide bonds. The van der Waals surface area contributed by atoms with E-state index in [-0.39, 0.29) is 17.7 Å². The van der Waals surface area contributed by atoms with E-state index >= 15 is 0 Å². The van der Waals surface area contributed by atoms with Crippen molar-refractivity contribution in [1.29, 1.82) is 0 Å². The first-order valence-corrected chi connectivity index (χ1v) is 11.3. The Morgan fingerprint density at radius 3 is 2.58 bits per heavy atom. The maximum atomic E-state index is 12.5. The van der Waals surface area contributed by atoms with Crippen molar-refractivity contribution in [1.82, 2.24) is 20.3 Å². The Labute approximate surface area is 157 Å².